The molecule has 5 nitrogen and oxygen atoms in total. The number of aromatic hydroxyl groups is 1. The quantitative estimate of drug-likeness (QED) is 0.680. The Morgan fingerprint density at radius 1 is 1.25 bits per heavy atom. The molecular formula is C14H22N2O3Si. The van der Waals surface area contributed by atoms with Crippen molar-refractivity contribution in [2.45, 2.75) is 32.4 Å². The smallest absolute Gasteiger partial charge is 0.330 e. The molecule has 0 amide bonds. The Morgan fingerprint density at radius 2 is 1.95 bits per heavy atom. The fourth-order valence-corrected chi connectivity index (χ4v) is 2.81. The molecule has 0 saturated carbocycles. The van der Waals surface area contributed by atoms with E-state index in [1.807, 2.05) is 0 Å². The second-order valence-electron chi connectivity index (χ2n) is 6.29. The van der Waals surface area contributed by atoms with Crippen molar-refractivity contribution in [3.8, 4) is 5.75 Å². The highest BCUT2D eigenvalue weighted by Gasteiger charge is 2.14. The Morgan fingerprint density at radius 3 is 2.60 bits per heavy atom. The molecule has 0 aliphatic carbocycles. The lowest BCUT2D eigenvalue weighted by Crippen LogP contribution is -2.25. The van der Waals surface area contributed by atoms with Gasteiger partial charge < -0.3 is 9.84 Å². The van der Waals surface area contributed by atoms with E-state index in [2.05, 4.69) is 19.6 Å². The van der Waals surface area contributed by atoms with Gasteiger partial charge in [0.2, 0.25) is 0 Å². The first-order valence-corrected chi connectivity index (χ1v) is 10.5. The van der Waals surface area contributed by atoms with E-state index in [4.69, 9.17) is 4.74 Å². The maximum absolute atomic E-state index is 12.2. The Labute approximate surface area is 119 Å². The van der Waals surface area contributed by atoms with E-state index < -0.39 is 8.07 Å². The van der Waals surface area contributed by atoms with E-state index in [1.165, 1.54) is 4.57 Å². The fourth-order valence-electron chi connectivity index (χ4n) is 2.05. The number of nitrogens with zero attached hydrogens (tertiary/aromatic N) is 2. The summed E-state index contributed by atoms with van der Waals surface area (Å²) in [6.45, 7) is 7.82. The van der Waals surface area contributed by atoms with Gasteiger partial charge in [0, 0.05) is 27.8 Å². The zero-order valence-electron chi connectivity index (χ0n) is 12.5. The molecule has 1 heterocycles. The van der Waals surface area contributed by atoms with Gasteiger partial charge in [-0.1, -0.05) is 19.6 Å². The molecule has 0 aliphatic rings. The number of ether oxygens (including phenoxy) is 1. The van der Waals surface area contributed by atoms with Crippen molar-refractivity contribution in [2.75, 3.05) is 6.61 Å². The standard InChI is InChI=1S/C14H22N2O3Si/c1-15-13-9-11(17)5-6-12(13)16(14(15)18)10-19-7-8-20(2,3)4/h5-6,9,17H,7-8,10H2,1-4H3. The van der Waals surface area contributed by atoms with Gasteiger partial charge >= 0.3 is 5.69 Å². The Bertz CT molecular complexity index is 667. The van der Waals surface area contributed by atoms with E-state index in [0.717, 1.165) is 11.6 Å². The topological polar surface area (TPSA) is 56.4 Å². The third-order valence-electron chi connectivity index (χ3n) is 3.35. The number of hydrogen-bond donors (Lipinski definition) is 1. The van der Waals surface area contributed by atoms with Crippen molar-refractivity contribution in [3.05, 3.63) is 28.7 Å². The SMILES string of the molecule is Cn1c(=O)n(COCC[Si](C)(C)C)c2ccc(O)cc21. The van der Waals surface area contributed by atoms with E-state index in [0.29, 0.717) is 12.1 Å². The number of fused-ring (bicyclic) bond motifs is 1. The largest absolute Gasteiger partial charge is 0.508 e. The maximum atomic E-state index is 12.2. The third-order valence-corrected chi connectivity index (χ3v) is 5.05. The van der Waals surface area contributed by atoms with E-state index in [-0.39, 0.29) is 18.2 Å². The van der Waals surface area contributed by atoms with Crippen LogP contribution in [-0.4, -0.2) is 28.9 Å². The summed E-state index contributed by atoms with van der Waals surface area (Å²) in [5.74, 6) is 0.157. The highest BCUT2D eigenvalue weighted by molar-refractivity contribution is 6.76. The predicted molar refractivity (Wildman–Crippen MR) is 82.9 cm³/mol. The lowest BCUT2D eigenvalue weighted by atomic mass is 10.3. The van der Waals surface area contributed by atoms with E-state index in [9.17, 15) is 9.90 Å². The number of aromatic nitrogens is 2. The molecule has 2 aromatic rings. The Balaban J connectivity index is 2.18. The van der Waals surface area contributed by atoms with Gasteiger partial charge in [-0.2, -0.15) is 0 Å². The average Bonchev–Trinajstić information content (AvgIpc) is 2.58. The molecule has 0 radical (unpaired) electrons. The lowest BCUT2D eigenvalue weighted by molar-refractivity contribution is 0.0873. The molecule has 0 fully saturated rings. The van der Waals surface area contributed by atoms with Gasteiger partial charge in [0.15, 0.2) is 0 Å². The number of phenols is 1. The van der Waals surface area contributed by atoms with Crippen LogP contribution in [0.4, 0.5) is 0 Å². The summed E-state index contributed by atoms with van der Waals surface area (Å²) in [7, 11) is 0.582. The summed E-state index contributed by atoms with van der Waals surface area (Å²) >= 11 is 0. The van der Waals surface area contributed by atoms with E-state index >= 15 is 0 Å². The summed E-state index contributed by atoms with van der Waals surface area (Å²) in [6.07, 6.45) is 0. The first kappa shape index (κ1) is 14.9. The van der Waals surface area contributed by atoms with Crippen LogP contribution in [-0.2, 0) is 18.5 Å². The van der Waals surface area contributed by atoms with Crippen molar-refractivity contribution < 1.29 is 9.84 Å². The number of hydrogen-bond acceptors (Lipinski definition) is 3. The van der Waals surface area contributed by atoms with Crippen molar-refractivity contribution in [1.29, 1.82) is 0 Å². The minimum atomic E-state index is -1.12. The third kappa shape index (κ3) is 3.13. The van der Waals surface area contributed by atoms with Crippen LogP contribution in [0.3, 0.4) is 0 Å². The van der Waals surface area contributed by atoms with Crippen molar-refractivity contribution in [3.63, 3.8) is 0 Å². The number of benzene rings is 1. The summed E-state index contributed by atoms with van der Waals surface area (Å²) in [6, 6.07) is 6.00. The molecule has 1 aromatic heterocycles. The monoisotopic (exact) mass is 294 g/mol. The maximum Gasteiger partial charge on any atom is 0.330 e. The van der Waals surface area contributed by atoms with Crippen LogP contribution >= 0.6 is 0 Å². The normalized spacial score (nSPS) is 12.2. The van der Waals surface area contributed by atoms with Crippen molar-refractivity contribution in [2.24, 2.45) is 7.05 Å². The molecule has 110 valence electrons. The summed E-state index contributed by atoms with van der Waals surface area (Å²) in [5.41, 5.74) is 1.37. The van der Waals surface area contributed by atoms with Crippen LogP contribution in [0.2, 0.25) is 25.7 Å². The van der Waals surface area contributed by atoms with Crippen molar-refractivity contribution >= 4 is 19.1 Å². The molecular weight excluding hydrogens is 272 g/mol. The second-order valence-corrected chi connectivity index (χ2v) is 11.9. The molecule has 0 saturated heterocycles. The van der Waals surface area contributed by atoms with Gasteiger partial charge in [-0.3, -0.25) is 9.13 Å². The average molecular weight is 294 g/mol. The molecule has 1 aromatic carbocycles. The van der Waals surface area contributed by atoms with Gasteiger partial charge in [0.25, 0.3) is 0 Å². The Kier molecular flexibility index (Phi) is 4.05. The van der Waals surface area contributed by atoms with Gasteiger partial charge in [0.05, 0.1) is 11.0 Å². The van der Waals surface area contributed by atoms with Crippen LogP contribution in [0.5, 0.6) is 5.75 Å². The zero-order valence-corrected chi connectivity index (χ0v) is 13.5. The zero-order chi connectivity index (χ0) is 14.9. The van der Waals surface area contributed by atoms with E-state index in [1.54, 1.807) is 29.8 Å². The second kappa shape index (κ2) is 5.45. The molecule has 0 bridgehead atoms. The molecule has 2 rings (SSSR count). The number of imidazole rings is 1. The minimum Gasteiger partial charge on any atom is -0.508 e. The van der Waals surface area contributed by atoms with Gasteiger partial charge in [-0.05, 0) is 18.2 Å². The highest BCUT2D eigenvalue weighted by atomic mass is 28.3. The fraction of sp³-hybridized carbons (Fsp3) is 0.500. The minimum absolute atomic E-state index is 0.126. The predicted octanol–water partition coefficient (Wildman–Crippen LogP) is 2.36. The van der Waals surface area contributed by atoms with Crippen LogP contribution in [0.25, 0.3) is 11.0 Å². The molecule has 0 unspecified atom stereocenters. The first-order valence-electron chi connectivity index (χ1n) is 6.75. The molecule has 0 aliphatic heterocycles. The number of phenolic OH excluding ortho intramolecular Hbond substituents is 1. The Hall–Kier alpha value is -1.53. The summed E-state index contributed by atoms with van der Waals surface area (Å²) in [5, 5.41) is 9.51. The lowest BCUT2D eigenvalue weighted by Gasteiger charge is -2.15. The summed E-state index contributed by atoms with van der Waals surface area (Å²) in [4.78, 5) is 12.2. The molecule has 0 atom stereocenters. The van der Waals surface area contributed by atoms with Gasteiger partial charge in [-0.15, -0.1) is 0 Å². The summed E-state index contributed by atoms with van der Waals surface area (Å²) < 4.78 is 8.77. The van der Waals surface area contributed by atoms with Crippen LogP contribution in [0.15, 0.2) is 23.0 Å². The van der Waals surface area contributed by atoms with Crippen LogP contribution < -0.4 is 5.69 Å². The molecule has 1 N–H and O–H groups in total. The number of rotatable bonds is 5. The van der Waals surface area contributed by atoms with Gasteiger partial charge in [0.1, 0.15) is 12.5 Å². The first-order chi connectivity index (χ1) is 9.29. The molecule has 0 spiro atoms. The molecule has 6 heteroatoms. The van der Waals surface area contributed by atoms with Gasteiger partial charge in [-0.25, -0.2) is 4.79 Å². The van der Waals surface area contributed by atoms with Crippen LogP contribution in [0.1, 0.15) is 0 Å². The highest BCUT2D eigenvalue weighted by Crippen LogP contribution is 2.18. The number of aryl methyl sites for hydroxylation is 1. The van der Waals surface area contributed by atoms with Crippen LogP contribution in [0, 0.1) is 0 Å². The molecule has 20 heavy (non-hydrogen) atoms. The van der Waals surface area contributed by atoms with Crippen molar-refractivity contribution in [1.82, 2.24) is 9.13 Å².